The lowest BCUT2D eigenvalue weighted by Crippen LogP contribution is -2.27. The van der Waals surface area contributed by atoms with Crippen LogP contribution in [0, 0.1) is 19.7 Å². The molecule has 1 heterocycles. The highest BCUT2D eigenvalue weighted by Gasteiger charge is 2.27. The number of carbonyl (C=O) groups is 1. The molecule has 0 unspecified atom stereocenters. The van der Waals surface area contributed by atoms with Gasteiger partial charge in [-0.3, -0.25) is 9.79 Å². The van der Waals surface area contributed by atoms with Crippen LogP contribution in [0.3, 0.4) is 0 Å². The third-order valence-corrected chi connectivity index (χ3v) is 6.12. The lowest BCUT2D eigenvalue weighted by molar-refractivity contribution is -0.116. The van der Waals surface area contributed by atoms with E-state index < -0.39 is 0 Å². The molecule has 0 fully saturated rings. The standard InChI is InChI=1S/C24H21FN2OS/c1-15-7-12-19(16(2)13-15)26-23(28)14-22-24(17-8-10-18(25)11-9-17)27-20-5-3-4-6-21(20)29-22/h3-13,22H,14H2,1-2H3,(H,26,28)/t22-/m0/s1. The van der Waals surface area contributed by atoms with Crippen LogP contribution >= 0.6 is 11.8 Å². The second kappa shape index (κ2) is 8.21. The minimum atomic E-state index is -0.289. The summed E-state index contributed by atoms with van der Waals surface area (Å²) in [6, 6.07) is 20.1. The molecule has 3 aromatic rings. The van der Waals surface area contributed by atoms with Crippen LogP contribution in [0.2, 0.25) is 0 Å². The fraction of sp³-hybridized carbons (Fsp3) is 0.167. The number of halogens is 1. The maximum Gasteiger partial charge on any atom is 0.225 e. The molecule has 146 valence electrons. The predicted octanol–water partition coefficient (Wildman–Crippen LogP) is 6.07. The summed E-state index contributed by atoms with van der Waals surface area (Å²) in [5.74, 6) is -0.356. The minimum Gasteiger partial charge on any atom is -0.326 e. The zero-order valence-corrected chi connectivity index (χ0v) is 17.1. The van der Waals surface area contributed by atoms with Gasteiger partial charge in [0, 0.05) is 17.0 Å². The van der Waals surface area contributed by atoms with Crippen molar-refractivity contribution in [1.29, 1.82) is 0 Å². The molecular formula is C24H21FN2OS. The van der Waals surface area contributed by atoms with E-state index >= 15 is 0 Å². The highest BCUT2D eigenvalue weighted by Crippen LogP contribution is 2.40. The van der Waals surface area contributed by atoms with Crippen LogP contribution in [0.5, 0.6) is 0 Å². The Morgan fingerprint density at radius 2 is 1.83 bits per heavy atom. The number of para-hydroxylation sites is 1. The van der Waals surface area contributed by atoms with Crippen molar-refractivity contribution >= 4 is 34.8 Å². The van der Waals surface area contributed by atoms with Gasteiger partial charge in [-0.05, 0) is 55.3 Å². The van der Waals surface area contributed by atoms with Crippen molar-refractivity contribution in [3.63, 3.8) is 0 Å². The zero-order chi connectivity index (χ0) is 20.4. The van der Waals surface area contributed by atoms with Crippen LogP contribution < -0.4 is 5.32 Å². The van der Waals surface area contributed by atoms with E-state index in [1.54, 1.807) is 23.9 Å². The maximum atomic E-state index is 13.4. The average Bonchev–Trinajstić information content (AvgIpc) is 2.70. The van der Waals surface area contributed by atoms with E-state index in [-0.39, 0.29) is 23.4 Å². The molecule has 1 aliphatic heterocycles. The number of amides is 1. The monoisotopic (exact) mass is 404 g/mol. The van der Waals surface area contributed by atoms with Crippen LogP contribution in [-0.4, -0.2) is 16.9 Å². The lowest BCUT2D eigenvalue weighted by Gasteiger charge is -2.24. The number of aryl methyl sites for hydroxylation is 2. The molecule has 1 N–H and O–H groups in total. The molecule has 5 heteroatoms. The second-order valence-electron chi connectivity index (χ2n) is 7.15. The van der Waals surface area contributed by atoms with E-state index in [1.165, 1.54) is 12.1 Å². The Labute approximate surface area is 174 Å². The van der Waals surface area contributed by atoms with E-state index in [0.717, 1.165) is 38.7 Å². The summed E-state index contributed by atoms with van der Waals surface area (Å²) in [5, 5.41) is 2.87. The molecule has 0 aliphatic carbocycles. The fourth-order valence-electron chi connectivity index (χ4n) is 3.39. The molecule has 3 nitrogen and oxygen atoms in total. The van der Waals surface area contributed by atoms with Crippen molar-refractivity contribution in [3.8, 4) is 0 Å². The number of aliphatic imine (C=N–C) groups is 1. The van der Waals surface area contributed by atoms with E-state index in [9.17, 15) is 9.18 Å². The SMILES string of the molecule is Cc1ccc(NC(=O)C[C@@H]2Sc3ccccc3N=C2c2ccc(F)cc2)c(C)c1. The summed E-state index contributed by atoms with van der Waals surface area (Å²) in [6.45, 7) is 4.01. The number of fused-ring (bicyclic) bond motifs is 1. The first-order valence-electron chi connectivity index (χ1n) is 9.47. The Morgan fingerprint density at radius 1 is 1.07 bits per heavy atom. The number of hydrogen-bond acceptors (Lipinski definition) is 3. The van der Waals surface area contributed by atoms with Gasteiger partial charge in [-0.2, -0.15) is 0 Å². The molecule has 0 radical (unpaired) electrons. The van der Waals surface area contributed by atoms with E-state index in [2.05, 4.69) is 5.32 Å². The molecule has 1 amide bonds. The summed E-state index contributed by atoms with van der Waals surface area (Å²) in [4.78, 5) is 18.7. The van der Waals surface area contributed by atoms with Crippen LogP contribution in [0.1, 0.15) is 23.1 Å². The van der Waals surface area contributed by atoms with Crippen LogP contribution in [-0.2, 0) is 4.79 Å². The molecule has 0 aromatic heterocycles. The number of nitrogens with one attached hydrogen (secondary N) is 1. The molecule has 1 atom stereocenters. The summed E-state index contributed by atoms with van der Waals surface area (Å²) in [6.07, 6.45) is 0.280. The largest absolute Gasteiger partial charge is 0.326 e. The molecule has 1 aliphatic rings. The Bertz CT molecular complexity index is 1090. The number of benzene rings is 3. The highest BCUT2D eigenvalue weighted by molar-refractivity contribution is 8.01. The molecule has 0 bridgehead atoms. The quantitative estimate of drug-likeness (QED) is 0.574. The van der Waals surface area contributed by atoms with Gasteiger partial charge in [-0.15, -0.1) is 11.8 Å². The van der Waals surface area contributed by atoms with Crippen molar-refractivity contribution in [2.24, 2.45) is 4.99 Å². The van der Waals surface area contributed by atoms with E-state index in [1.807, 2.05) is 56.3 Å². The molecule has 0 saturated heterocycles. The van der Waals surface area contributed by atoms with Gasteiger partial charge >= 0.3 is 0 Å². The first-order valence-corrected chi connectivity index (χ1v) is 10.3. The van der Waals surface area contributed by atoms with Gasteiger partial charge in [0.05, 0.1) is 16.6 Å². The Balaban J connectivity index is 1.60. The van der Waals surface area contributed by atoms with Crippen molar-refractivity contribution in [2.45, 2.75) is 30.4 Å². The number of nitrogens with zero attached hydrogens (tertiary/aromatic N) is 1. The smallest absolute Gasteiger partial charge is 0.225 e. The van der Waals surface area contributed by atoms with Crippen molar-refractivity contribution in [3.05, 3.63) is 89.2 Å². The lowest BCUT2D eigenvalue weighted by atomic mass is 10.0. The second-order valence-corrected chi connectivity index (χ2v) is 8.39. The maximum absolute atomic E-state index is 13.4. The molecule has 0 saturated carbocycles. The Kier molecular flexibility index (Phi) is 5.49. The van der Waals surface area contributed by atoms with Crippen LogP contribution in [0.15, 0.2) is 76.6 Å². The van der Waals surface area contributed by atoms with Crippen molar-refractivity contribution in [1.82, 2.24) is 0 Å². The van der Waals surface area contributed by atoms with Crippen LogP contribution in [0.25, 0.3) is 0 Å². The van der Waals surface area contributed by atoms with Gasteiger partial charge in [0.15, 0.2) is 0 Å². The van der Waals surface area contributed by atoms with Gasteiger partial charge in [0.25, 0.3) is 0 Å². The minimum absolute atomic E-state index is 0.0661. The van der Waals surface area contributed by atoms with Gasteiger partial charge in [0.2, 0.25) is 5.91 Å². The fourth-order valence-corrected chi connectivity index (χ4v) is 4.63. The third-order valence-electron chi connectivity index (χ3n) is 4.85. The van der Waals surface area contributed by atoms with Crippen LogP contribution in [0.4, 0.5) is 15.8 Å². The first kappa shape index (κ1) is 19.4. The normalized spacial score (nSPS) is 15.4. The van der Waals surface area contributed by atoms with Gasteiger partial charge in [-0.25, -0.2) is 4.39 Å². The number of anilines is 1. The molecule has 4 rings (SSSR count). The van der Waals surface area contributed by atoms with Gasteiger partial charge in [-0.1, -0.05) is 42.0 Å². The topological polar surface area (TPSA) is 41.5 Å². The summed E-state index contributed by atoms with van der Waals surface area (Å²) < 4.78 is 13.4. The molecular weight excluding hydrogens is 383 g/mol. The third kappa shape index (κ3) is 4.40. The number of hydrogen-bond donors (Lipinski definition) is 1. The van der Waals surface area contributed by atoms with E-state index in [0.29, 0.717) is 0 Å². The summed E-state index contributed by atoms with van der Waals surface area (Å²) >= 11 is 1.62. The molecule has 3 aromatic carbocycles. The number of rotatable bonds is 4. The summed E-state index contributed by atoms with van der Waals surface area (Å²) in [7, 11) is 0. The average molecular weight is 405 g/mol. The molecule has 29 heavy (non-hydrogen) atoms. The summed E-state index contributed by atoms with van der Waals surface area (Å²) in [5.41, 5.74) is 5.52. The Morgan fingerprint density at radius 3 is 2.59 bits per heavy atom. The van der Waals surface area contributed by atoms with Crippen molar-refractivity contribution < 1.29 is 9.18 Å². The molecule has 0 spiro atoms. The highest BCUT2D eigenvalue weighted by atomic mass is 32.2. The predicted molar refractivity (Wildman–Crippen MR) is 118 cm³/mol. The van der Waals surface area contributed by atoms with E-state index in [4.69, 9.17) is 4.99 Å². The van der Waals surface area contributed by atoms with Crippen molar-refractivity contribution in [2.75, 3.05) is 5.32 Å². The first-order chi connectivity index (χ1) is 14.0. The zero-order valence-electron chi connectivity index (χ0n) is 16.3. The number of thioether (sulfide) groups is 1. The Hall–Kier alpha value is -2.92. The van der Waals surface area contributed by atoms with Gasteiger partial charge in [0.1, 0.15) is 5.82 Å². The van der Waals surface area contributed by atoms with Gasteiger partial charge < -0.3 is 5.32 Å². The number of carbonyl (C=O) groups excluding carboxylic acids is 1.